The van der Waals surface area contributed by atoms with Gasteiger partial charge in [0, 0.05) is 17.1 Å². The smallest absolute Gasteiger partial charge is 0.216 e. The predicted molar refractivity (Wildman–Crippen MR) is 131 cm³/mol. The SMILES string of the molecule is Cc1ccc(S(=O)(=O)/C(C#N)=C\c2cn(-c3ccccc3)nc2-c2cc3ccccc3o2)cc1. The lowest BCUT2D eigenvalue weighted by molar-refractivity contribution is 0.603. The van der Waals surface area contributed by atoms with E-state index in [2.05, 4.69) is 5.10 Å². The molecule has 5 rings (SSSR count). The Bertz CT molecular complexity index is 1640. The van der Waals surface area contributed by atoms with E-state index in [9.17, 15) is 13.7 Å². The van der Waals surface area contributed by atoms with Crippen molar-refractivity contribution in [1.82, 2.24) is 9.78 Å². The molecule has 0 saturated heterocycles. The van der Waals surface area contributed by atoms with E-state index in [1.54, 1.807) is 23.0 Å². The van der Waals surface area contributed by atoms with Gasteiger partial charge in [-0.05, 0) is 49.4 Å². The normalized spacial score (nSPS) is 12.1. The molecule has 2 aromatic heterocycles. The highest BCUT2D eigenvalue weighted by atomic mass is 32.2. The fraction of sp³-hybridized carbons (Fsp3) is 0.0370. The van der Waals surface area contributed by atoms with Crippen molar-refractivity contribution in [2.75, 3.05) is 0 Å². The van der Waals surface area contributed by atoms with Crippen LogP contribution in [0.15, 0.2) is 105 Å². The molecule has 0 unspecified atom stereocenters. The number of nitrogens with zero attached hydrogens (tertiary/aromatic N) is 3. The van der Waals surface area contributed by atoms with E-state index < -0.39 is 9.84 Å². The van der Waals surface area contributed by atoms with Gasteiger partial charge in [0.05, 0.1) is 10.6 Å². The first kappa shape index (κ1) is 21.4. The van der Waals surface area contributed by atoms with Crippen LogP contribution in [0.2, 0.25) is 0 Å². The van der Waals surface area contributed by atoms with Gasteiger partial charge in [0.2, 0.25) is 9.84 Å². The third kappa shape index (κ3) is 3.91. The van der Waals surface area contributed by atoms with E-state index in [1.165, 1.54) is 18.2 Å². The maximum absolute atomic E-state index is 13.2. The van der Waals surface area contributed by atoms with Gasteiger partial charge in [-0.25, -0.2) is 13.1 Å². The molecule has 166 valence electrons. The lowest BCUT2D eigenvalue weighted by Crippen LogP contribution is -2.03. The van der Waals surface area contributed by atoms with Gasteiger partial charge in [-0.2, -0.15) is 10.4 Å². The van der Waals surface area contributed by atoms with Crippen LogP contribution in [0, 0.1) is 18.3 Å². The molecule has 0 radical (unpaired) electrons. The molecule has 0 atom stereocenters. The summed E-state index contributed by atoms with van der Waals surface area (Å²) in [5, 5.41) is 15.4. The summed E-state index contributed by atoms with van der Waals surface area (Å²) >= 11 is 0. The van der Waals surface area contributed by atoms with Crippen LogP contribution >= 0.6 is 0 Å². The first-order valence-electron chi connectivity index (χ1n) is 10.5. The number of hydrogen-bond donors (Lipinski definition) is 0. The van der Waals surface area contributed by atoms with Gasteiger partial charge in [-0.15, -0.1) is 0 Å². The van der Waals surface area contributed by atoms with E-state index in [4.69, 9.17) is 4.42 Å². The molecule has 0 aliphatic carbocycles. The zero-order valence-electron chi connectivity index (χ0n) is 18.2. The molecule has 7 heteroatoms. The molecule has 0 bridgehead atoms. The van der Waals surface area contributed by atoms with Crippen LogP contribution in [0.5, 0.6) is 0 Å². The van der Waals surface area contributed by atoms with Crippen molar-refractivity contribution in [1.29, 1.82) is 5.26 Å². The Hall–Kier alpha value is -4.41. The Kier molecular flexibility index (Phi) is 5.36. The highest BCUT2D eigenvalue weighted by molar-refractivity contribution is 7.95. The van der Waals surface area contributed by atoms with Gasteiger partial charge in [0.1, 0.15) is 22.3 Å². The second-order valence-corrected chi connectivity index (χ2v) is 9.72. The van der Waals surface area contributed by atoms with E-state index in [0.29, 0.717) is 22.6 Å². The van der Waals surface area contributed by atoms with Gasteiger partial charge in [-0.1, -0.05) is 54.1 Å². The zero-order chi connectivity index (χ0) is 23.7. The number of fused-ring (bicyclic) bond motifs is 1. The average molecular weight is 466 g/mol. The molecule has 0 amide bonds. The lowest BCUT2D eigenvalue weighted by atomic mass is 10.2. The van der Waals surface area contributed by atoms with E-state index in [-0.39, 0.29) is 9.80 Å². The lowest BCUT2D eigenvalue weighted by Gasteiger charge is -2.03. The number of aromatic nitrogens is 2. The minimum absolute atomic E-state index is 0.0617. The third-order valence-electron chi connectivity index (χ3n) is 5.44. The molecule has 0 saturated carbocycles. The molecular weight excluding hydrogens is 446 g/mol. The molecule has 0 spiro atoms. The Morgan fingerprint density at radius 2 is 1.71 bits per heavy atom. The molecule has 5 aromatic rings. The molecule has 0 N–H and O–H groups in total. The first-order valence-corrected chi connectivity index (χ1v) is 12.0. The maximum atomic E-state index is 13.2. The summed E-state index contributed by atoms with van der Waals surface area (Å²) in [6.45, 7) is 1.87. The largest absolute Gasteiger partial charge is 0.454 e. The molecule has 6 nitrogen and oxygen atoms in total. The molecule has 2 heterocycles. The number of para-hydroxylation sites is 2. The predicted octanol–water partition coefficient (Wildman–Crippen LogP) is 5.93. The molecule has 0 fully saturated rings. The summed E-state index contributed by atoms with van der Waals surface area (Å²) in [6.07, 6.45) is 3.05. The molecule has 0 aliphatic heterocycles. The number of sulfone groups is 1. The third-order valence-corrected chi connectivity index (χ3v) is 7.12. The summed E-state index contributed by atoms with van der Waals surface area (Å²) in [7, 11) is -4.01. The van der Waals surface area contributed by atoms with E-state index in [0.717, 1.165) is 16.6 Å². The molecular formula is C27H19N3O3S. The fourth-order valence-electron chi connectivity index (χ4n) is 3.65. The van der Waals surface area contributed by atoms with Crippen LogP contribution in [-0.2, 0) is 9.84 Å². The minimum atomic E-state index is -4.01. The van der Waals surface area contributed by atoms with E-state index in [1.807, 2.05) is 73.7 Å². The highest BCUT2D eigenvalue weighted by Crippen LogP contribution is 2.32. The van der Waals surface area contributed by atoms with Crippen molar-refractivity contribution in [3.8, 4) is 23.2 Å². The number of nitriles is 1. The topological polar surface area (TPSA) is 88.9 Å². The fourth-order valence-corrected chi connectivity index (χ4v) is 4.80. The number of hydrogen-bond acceptors (Lipinski definition) is 5. The second kappa shape index (κ2) is 8.50. The first-order chi connectivity index (χ1) is 16.5. The van der Waals surface area contributed by atoms with E-state index >= 15 is 0 Å². The van der Waals surface area contributed by atoms with Crippen LogP contribution < -0.4 is 0 Å². The van der Waals surface area contributed by atoms with Crippen molar-refractivity contribution in [3.05, 3.63) is 107 Å². The van der Waals surface area contributed by atoms with Gasteiger partial charge < -0.3 is 4.42 Å². The number of allylic oxidation sites excluding steroid dienone is 1. The summed E-state index contributed by atoms with van der Waals surface area (Å²) in [5.41, 5.74) is 3.30. The van der Waals surface area contributed by atoms with Crippen LogP contribution in [0.3, 0.4) is 0 Å². The average Bonchev–Trinajstić information content (AvgIpc) is 3.47. The Labute approximate surface area is 196 Å². The highest BCUT2D eigenvalue weighted by Gasteiger charge is 2.23. The quantitative estimate of drug-likeness (QED) is 0.300. The summed E-state index contributed by atoms with van der Waals surface area (Å²) in [6, 6.07) is 27.1. The summed E-state index contributed by atoms with van der Waals surface area (Å²) in [4.78, 5) is -0.312. The number of benzene rings is 3. The standard InChI is InChI=1S/C27H19N3O3S/c1-19-11-13-23(14-12-19)34(31,32)24(17-28)15-21-18-30(22-8-3-2-4-9-22)29-27(21)26-16-20-7-5-6-10-25(20)33-26/h2-16,18H,1H3/b24-15-. The Balaban J connectivity index is 1.69. The van der Waals surface area contributed by atoms with Crippen LogP contribution in [0.4, 0.5) is 0 Å². The number of aryl methyl sites for hydroxylation is 1. The molecule has 34 heavy (non-hydrogen) atoms. The van der Waals surface area contributed by atoms with Gasteiger partial charge in [0.15, 0.2) is 5.76 Å². The van der Waals surface area contributed by atoms with Crippen molar-refractivity contribution in [2.24, 2.45) is 0 Å². The maximum Gasteiger partial charge on any atom is 0.216 e. The zero-order valence-corrected chi connectivity index (χ0v) is 19.0. The van der Waals surface area contributed by atoms with Crippen molar-refractivity contribution in [2.45, 2.75) is 11.8 Å². The van der Waals surface area contributed by atoms with Crippen molar-refractivity contribution in [3.63, 3.8) is 0 Å². The summed E-state index contributed by atoms with van der Waals surface area (Å²) < 4.78 is 34.1. The monoisotopic (exact) mass is 465 g/mol. The van der Waals surface area contributed by atoms with Crippen molar-refractivity contribution >= 4 is 26.9 Å². The van der Waals surface area contributed by atoms with Gasteiger partial charge in [0.25, 0.3) is 0 Å². The second-order valence-electron chi connectivity index (χ2n) is 7.80. The van der Waals surface area contributed by atoms with Crippen LogP contribution in [-0.4, -0.2) is 18.2 Å². The summed E-state index contributed by atoms with van der Waals surface area (Å²) in [5.74, 6) is 0.479. The van der Waals surface area contributed by atoms with Crippen molar-refractivity contribution < 1.29 is 12.8 Å². The van der Waals surface area contributed by atoms with Gasteiger partial charge >= 0.3 is 0 Å². The number of furan rings is 1. The molecule has 3 aromatic carbocycles. The molecule has 0 aliphatic rings. The minimum Gasteiger partial charge on any atom is -0.454 e. The van der Waals surface area contributed by atoms with Gasteiger partial charge in [-0.3, -0.25) is 0 Å². The Morgan fingerprint density at radius 3 is 2.41 bits per heavy atom. The Morgan fingerprint density at radius 1 is 1.00 bits per heavy atom. The number of rotatable bonds is 5. The van der Waals surface area contributed by atoms with Crippen LogP contribution in [0.25, 0.3) is 34.2 Å². The van der Waals surface area contributed by atoms with Crippen LogP contribution in [0.1, 0.15) is 11.1 Å².